The fourth-order valence-corrected chi connectivity index (χ4v) is 4.41. The van der Waals surface area contributed by atoms with Crippen molar-refractivity contribution in [3.05, 3.63) is 48.0 Å². The van der Waals surface area contributed by atoms with Crippen LogP contribution in [0.5, 0.6) is 17.2 Å². The van der Waals surface area contributed by atoms with Crippen LogP contribution in [0.25, 0.3) is 0 Å². The summed E-state index contributed by atoms with van der Waals surface area (Å²) in [4.78, 5) is -0.678. The Morgan fingerprint density at radius 1 is 0.788 bits per heavy atom. The quantitative estimate of drug-likeness (QED) is 0.221. The van der Waals surface area contributed by atoms with Gasteiger partial charge in [-0.1, -0.05) is 102 Å². The second-order valence-corrected chi connectivity index (χ2v) is 9.86. The van der Waals surface area contributed by atoms with E-state index in [-0.39, 0.29) is 35.3 Å². The summed E-state index contributed by atoms with van der Waals surface area (Å²) < 4.78 is 37.5. The van der Waals surface area contributed by atoms with Crippen molar-refractivity contribution in [3.63, 3.8) is 0 Å². The maximum absolute atomic E-state index is 11.6. The van der Waals surface area contributed by atoms with Crippen molar-refractivity contribution in [1.82, 2.24) is 0 Å². The summed E-state index contributed by atoms with van der Waals surface area (Å²) in [5.41, 5.74) is 1.16. The van der Waals surface area contributed by atoms with E-state index in [2.05, 4.69) is 13.0 Å². The topological polar surface area (TPSA) is 86.7 Å². The van der Waals surface area contributed by atoms with E-state index < -0.39 is 20.8 Å². The van der Waals surface area contributed by atoms with E-state index in [1.807, 2.05) is 12.1 Å². The minimum absolute atomic E-state index is 0. The van der Waals surface area contributed by atoms with Crippen molar-refractivity contribution < 1.29 is 52.4 Å². The zero-order valence-corrected chi connectivity index (χ0v) is 23.0. The van der Waals surface area contributed by atoms with Gasteiger partial charge >= 0.3 is 29.6 Å². The molecule has 2 rings (SSSR count). The van der Waals surface area contributed by atoms with Gasteiger partial charge in [-0.2, -0.15) is 8.42 Å². The van der Waals surface area contributed by atoms with Crippen LogP contribution in [-0.4, -0.2) is 13.0 Å². The second kappa shape index (κ2) is 16.6. The second-order valence-electron chi connectivity index (χ2n) is 8.47. The van der Waals surface area contributed by atoms with Crippen molar-refractivity contribution in [1.29, 1.82) is 0 Å². The Morgan fingerprint density at radius 3 is 1.91 bits per heavy atom. The zero-order chi connectivity index (χ0) is 23.2. The molecule has 0 unspecified atom stereocenters. The zero-order valence-electron chi connectivity index (χ0n) is 20.2. The predicted octanol–water partition coefficient (Wildman–Crippen LogP) is 4.05. The molecule has 2 aromatic rings. The largest absolute Gasteiger partial charge is 1.00 e. The van der Waals surface area contributed by atoms with Gasteiger partial charge in [0.2, 0.25) is 0 Å². The fraction of sp³-hybridized carbons (Fsp3) is 0.538. The Morgan fingerprint density at radius 2 is 1.33 bits per heavy atom. The first-order valence-corrected chi connectivity index (χ1v) is 13.4. The molecule has 0 aliphatic carbocycles. The Labute approximate surface area is 222 Å². The van der Waals surface area contributed by atoms with E-state index in [0.717, 1.165) is 30.5 Å². The van der Waals surface area contributed by atoms with Gasteiger partial charge in [-0.25, -0.2) is 0 Å². The van der Waals surface area contributed by atoms with Gasteiger partial charge in [0, 0.05) is 6.07 Å². The van der Waals surface area contributed by atoms with Gasteiger partial charge in [-0.15, -0.1) is 0 Å². The van der Waals surface area contributed by atoms with Crippen LogP contribution in [0.4, 0.5) is 0 Å². The molecule has 0 spiro atoms. The Bertz CT molecular complexity index is 915. The van der Waals surface area contributed by atoms with E-state index in [9.17, 15) is 13.5 Å². The molecule has 0 radical (unpaired) electrons. The van der Waals surface area contributed by atoms with Crippen LogP contribution in [0.15, 0.2) is 47.4 Å². The molecule has 33 heavy (non-hydrogen) atoms. The standard InChI is InChI=1S/C26H38O5S.Na/c1-2-3-4-5-6-7-8-9-10-11-12-13-15-22-16-14-17-23(20-22)31-24-18-19-25(27)26(21-24)32(28,29)30;/h14,16-21,27H,2-13,15H2,1H3,(H,28,29,30);/q;+1/p-1. The molecular formula is C26H37NaO5S. The van der Waals surface area contributed by atoms with E-state index in [1.54, 1.807) is 6.07 Å². The first-order valence-electron chi connectivity index (χ1n) is 12.0. The van der Waals surface area contributed by atoms with Crippen LogP contribution in [0.2, 0.25) is 0 Å². The van der Waals surface area contributed by atoms with Gasteiger partial charge in [-0.3, -0.25) is 4.55 Å². The molecule has 0 saturated heterocycles. The minimum Gasteiger partial charge on any atom is -0.872 e. The number of aryl methyl sites for hydroxylation is 1. The van der Waals surface area contributed by atoms with Crippen molar-refractivity contribution in [2.24, 2.45) is 0 Å². The maximum Gasteiger partial charge on any atom is 1.00 e. The Kier molecular flexibility index (Phi) is 15.0. The summed E-state index contributed by atoms with van der Waals surface area (Å²) in [5.74, 6) is 0.00156. The fourth-order valence-electron chi connectivity index (χ4n) is 3.82. The van der Waals surface area contributed by atoms with Gasteiger partial charge in [0.25, 0.3) is 10.1 Å². The van der Waals surface area contributed by atoms with Crippen LogP contribution in [-0.2, 0) is 16.5 Å². The Hall–Kier alpha value is -1.05. The number of hydrogen-bond acceptors (Lipinski definition) is 4. The third-order valence-electron chi connectivity index (χ3n) is 5.65. The van der Waals surface area contributed by atoms with E-state index in [0.29, 0.717) is 5.75 Å². The van der Waals surface area contributed by atoms with Crippen LogP contribution in [0.3, 0.4) is 0 Å². The van der Waals surface area contributed by atoms with Crippen molar-refractivity contribution in [3.8, 4) is 17.2 Å². The summed E-state index contributed by atoms with van der Waals surface area (Å²) in [7, 11) is -4.58. The molecule has 178 valence electrons. The third kappa shape index (κ3) is 12.3. The van der Waals surface area contributed by atoms with Crippen molar-refractivity contribution in [2.45, 2.75) is 95.3 Å². The molecule has 0 amide bonds. The Balaban J connectivity index is 0.00000544. The molecule has 1 N–H and O–H groups in total. The molecule has 0 fully saturated rings. The molecule has 0 heterocycles. The average Bonchev–Trinajstić information content (AvgIpc) is 2.75. The first-order chi connectivity index (χ1) is 15.4. The molecule has 0 aliphatic rings. The molecular weight excluding hydrogens is 447 g/mol. The number of hydrogen-bond donors (Lipinski definition) is 1. The van der Waals surface area contributed by atoms with E-state index in [4.69, 9.17) is 9.29 Å². The summed E-state index contributed by atoms with van der Waals surface area (Å²) in [6.07, 6.45) is 16.8. The molecule has 5 nitrogen and oxygen atoms in total. The number of rotatable bonds is 16. The van der Waals surface area contributed by atoms with Gasteiger partial charge in [0.1, 0.15) is 11.5 Å². The molecule has 7 heteroatoms. The summed E-state index contributed by atoms with van der Waals surface area (Å²) in [5, 5.41) is 11.6. The molecule has 0 saturated carbocycles. The van der Waals surface area contributed by atoms with Crippen LogP contribution in [0, 0.1) is 0 Å². The van der Waals surface area contributed by atoms with Crippen LogP contribution >= 0.6 is 0 Å². The monoisotopic (exact) mass is 484 g/mol. The van der Waals surface area contributed by atoms with Gasteiger partial charge in [0.05, 0.1) is 4.90 Å². The summed E-state index contributed by atoms with van der Waals surface area (Å²) in [6, 6.07) is 11.2. The van der Waals surface area contributed by atoms with E-state index >= 15 is 0 Å². The minimum atomic E-state index is -4.58. The normalized spacial score (nSPS) is 11.2. The maximum atomic E-state index is 11.6. The van der Waals surface area contributed by atoms with Gasteiger partial charge in [-0.05, 0) is 36.6 Å². The van der Waals surface area contributed by atoms with Crippen molar-refractivity contribution >= 4 is 10.1 Å². The third-order valence-corrected chi connectivity index (χ3v) is 6.52. The van der Waals surface area contributed by atoms with Gasteiger partial charge in [0.15, 0.2) is 0 Å². The van der Waals surface area contributed by atoms with Crippen molar-refractivity contribution in [2.75, 3.05) is 0 Å². The first kappa shape index (κ1) is 30.0. The molecule has 2 aromatic carbocycles. The van der Waals surface area contributed by atoms with Crippen LogP contribution < -0.4 is 39.4 Å². The van der Waals surface area contributed by atoms with Crippen LogP contribution in [0.1, 0.15) is 89.5 Å². The molecule has 0 aromatic heterocycles. The summed E-state index contributed by atoms with van der Waals surface area (Å²) in [6.45, 7) is 2.25. The van der Waals surface area contributed by atoms with Gasteiger partial charge < -0.3 is 9.84 Å². The molecule has 0 aliphatic heterocycles. The van der Waals surface area contributed by atoms with E-state index in [1.165, 1.54) is 76.7 Å². The average molecular weight is 485 g/mol. The smallest absolute Gasteiger partial charge is 0.872 e. The predicted molar refractivity (Wildman–Crippen MR) is 127 cm³/mol. The number of unbranched alkanes of at least 4 members (excludes halogenated alkanes) is 11. The number of benzene rings is 2. The number of ether oxygens (including phenoxy) is 1. The SMILES string of the molecule is CCCCCCCCCCCCCCc1cccc(Oc2ccc([O-])c(S(=O)(=O)O)c2)c1.[Na+]. The molecule has 0 bridgehead atoms. The summed E-state index contributed by atoms with van der Waals surface area (Å²) >= 11 is 0. The molecule has 0 atom stereocenters.